The van der Waals surface area contributed by atoms with Crippen molar-refractivity contribution in [1.82, 2.24) is 10.2 Å². The fourth-order valence-electron chi connectivity index (χ4n) is 4.12. The SMILES string of the molecule is Cc1cccc(N(CC(=O)N(Cc2ccc(Br)cc2)C(Cc2ccccc2)C(=O)NC(C)C)S(C)(=O)=O)c1. The molecule has 0 bridgehead atoms. The summed E-state index contributed by atoms with van der Waals surface area (Å²) in [5.74, 6) is -0.768. The Morgan fingerprint density at radius 3 is 2.16 bits per heavy atom. The predicted octanol–water partition coefficient (Wildman–Crippen LogP) is 4.69. The van der Waals surface area contributed by atoms with Crippen molar-refractivity contribution in [2.45, 2.75) is 45.8 Å². The minimum absolute atomic E-state index is 0.134. The summed E-state index contributed by atoms with van der Waals surface area (Å²) in [4.78, 5) is 29.0. The van der Waals surface area contributed by atoms with Gasteiger partial charge in [0.25, 0.3) is 0 Å². The third kappa shape index (κ3) is 8.43. The molecule has 2 amide bonds. The third-order valence-electron chi connectivity index (χ3n) is 5.94. The minimum atomic E-state index is -3.79. The molecular formula is C29H34BrN3O4S. The van der Waals surface area contributed by atoms with Crippen LogP contribution in [0.15, 0.2) is 83.3 Å². The van der Waals surface area contributed by atoms with Crippen LogP contribution in [0.5, 0.6) is 0 Å². The number of rotatable bonds is 11. The summed E-state index contributed by atoms with van der Waals surface area (Å²) >= 11 is 3.43. The highest BCUT2D eigenvalue weighted by atomic mass is 79.9. The Bertz CT molecular complexity index is 1350. The van der Waals surface area contributed by atoms with Gasteiger partial charge in [0, 0.05) is 23.5 Å². The van der Waals surface area contributed by atoms with Gasteiger partial charge in [0.2, 0.25) is 21.8 Å². The Morgan fingerprint density at radius 1 is 0.921 bits per heavy atom. The van der Waals surface area contributed by atoms with E-state index in [0.717, 1.165) is 31.7 Å². The molecule has 0 aromatic heterocycles. The van der Waals surface area contributed by atoms with Gasteiger partial charge in [-0.1, -0.05) is 70.5 Å². The molecule has 9 heteroatoms. The molecular weight excluding hydrogens is 566 g/mol. The first-order valence-electron chi connectivity index (χ1n) is 12.4. The van der Waals surface area contributed by atoms with E-state index in [1.807, 2.05) is 81.4 Å². The monoisotopic (exact) mass is 599 g/mol. The lowest BCUT2D eigenvalue weighted by Gasteiger charge is -2.34. The number of amides is 2. The summed E-state index contributed by atoms with van der Waals surface area (Å²) in [5.41, 5.74) is 2.98. The zero-order valence-electron chi connectivity index (χ0n) is 22.1. The Hall–Kier alpha value is -3.17. The second kappa shape index (κ2) is 13.1. The summed E-state index contributed by atoms with van der Waals surface area (Å²) in [5, 5.41) is 2.94. The molecule has 0 aliphatic heterocycles. The van der Waals surface area contributed by atoms with Crippen LogP contribution >= 0.6 is 15.9 Å². The summed E-state index contributed by atoms with van der Waals surface area (Å²) < 4.78 is 27.6. The van der Waals surface area contributed by atoms with Crippen molar-refractivity contribution >= 4 is 43.5 Å². The maximum atomic E-state index is 14.0. The molecule has 0 fully saturated rings. The summed E-state index contributed by atoms with van der Waals surface area (Å²) in [6.07, 6.45) is 1.36. The van der Waals surface area contributed by atoms with Gasteiger partial charge in [0.05, 0.1) is 11.9 Å². The molecule has 7 nitrogen and oxygen atoms in total. The number of hydrogen-bond donors (Lipinski definition) is 1. The van der Waals surface area contributed by atoms with Crippen LogP contribution in [0.3, 0.4) is 0 Å². The number of sulfonamides is 1. The van der Waals surface area contributed by atoms with E-state index in [0.29, 0.717) is 5.69 Å². The molecule has 202 valence electrons. The number of halogens is 1. The lowest BCUT2D eigenvalue weighted by Crippen LogP contribution is -2.54. The van der Waals surface area contributed by atoms with E-state index < -0.39 is 28.5 Å². The molecule has 38 heavy (non-hydrogen) atoms. The Labute approximate surface area is 234 Å². The minimum Gasteiger partial charge on any atom is -0.352 e. The van der Waals surface area contributed by atoms with Gasteiger partial charge in [0.15, 0.2) is 0 Å². The summed E-state index contributed by atoms with van der Waals surface area (Å²) in [6, 6.07) is 23.0. The molecule has 0 aliphatic rings. The van der Waals surface area contributed by atoms with Gasteiger partial charge in [-0.2, -0.15) is 0 Å². The molecule has 0 radical (unpaired) electrons. The van der Waals surface area contributed by atoms with Crippen molar-refractivity contribution < 1.29 is 18.0 Å². The molecule has 0 saturated heterocycles. The van der Waals surface area contributed by atoms with Gasteiger partial charge in [-0.3, -0.25) is 13.9 Å². The van der Waals surface area contributed by atoms with E-state index >= 15 is 0 Å². The maximum absolute atomic E-state index is 14.0. The molecule has 3 rings (SSSR count). The fraction of sp³-hybridized carbons (Fsp3) is 0.310. The van der Waals surface area contributed by atoms with E-state index in [4.69, 9.17) is 0 Å². The van der Waals surface area contributed by atoms with Crippen LogP contribution in [0.25, 0.3) is 0 Å². The van der Waals surface area contributed by atoms with Crippen molar-refractivity contribution in [3.8, 4) is 0 Å². The van der Waals surface area contributed by atoms with Crippen LogP contribution in [-0.2, 0) is 32.6 Å². The smallest absolute Gasteiger partial charge is 0.244 e. The van der Waals surface area contributed by atoms with E-state index in [-0.39, 0.29) is 24.9 Å². The van der Waals surface area contributed by atoms with Gasteiger partial charge < -0.3 is 10.2 Å². The van der Waals surface area contributed by atoms with Crippen LogP contribution in [0.4, 0.5) is 5.69 Å². The number of nitrogens with zero attached hydrogens (tertiary/aromatic N) is 2. The quantitative estimate of drug-likeness (QED) is 0.346. The van der Waals surface area contributed by atoms with Crippen LogP contribution in [0.2, 0.25) is 0 Å². The van der Waals surface area contributed by atoms with Gasteiger partial charge in [-0.15, -0.1) is 0 Å². The van der Waals surface area contributed by atoms with Crippen molar-refractivity contribution in [3.05, 3.63) is 100 Å². The topological polar surface area (TPSA) is 86.8 Å². The maximum Gasteiger partial charge on any atom is 0.244 e. The van der Waals surface area contributed by atoms with Gasteiger partial charge in [-0.25, -0.2) is 8.42 Å². The third-order valence-corrected chi connectivity index (χ3v) is 7.61. The van der Waals surface area contributed by atoms with E-state index in [1.54, 1.807) is 18.2 Å². The average molecular weight is 601 g/mol. The molecule has 0 heterocycles. The number of aryl methyl sites for hydroxylation is 1. The van der Waals surface area contributed by atoms with Crippen molar-refractivity contribution in [2.24, 2.45) is 0 Å². The Kier molecular flexibility index (Phi) is 10.1. The van der Waals surface area contributed by atoms with Crippen molar-refractivity contribution in [3.63, 3.8) is 0 Å². The average Bonchev–Trinajstić information content (AvgIpc) is 2.85. The number of nitrogens with one attached hydrogen (secondary N) is 1. The van der Waals surface area contributed by atoms with Gasteiger partial charge in [0.1, 0.15) is 12.6 Å². The van der Waals surface area contributed by atoms with Crippen molar-refractivity contribution in [2.75, 3.05) is 17.1 Å². The second-order valence-electron chi connectivity index (χ2n) is 9.63. The number of anilines is 1. The fourth-order valence-corrected chi connectivity index (χ4v) is 5.22. The lowest BCUT2D eigenvalue weighted by molar-refractivity contribution is -0.140. The molecule has 1 atom stereocenters. The zero-order chi connectivity index (χ0) is 27.9. The first kappa shape index (κ1) is 29.4. The zero-order valence-corrected chi connectivity index (χ0v) is 24.5. The van der Waals surface area contributed by atoms with Gasteiger partial charge in [-0.05, 0) is 61.7 Å². The van der Waals surface area contributed by atoms with Crippen molar-refractivity contribution in [1.29, 1.82) is 0 Å². The molecule has 0 aliphatic carbocycles. The molecule has 0 spiro atoms. The number of hydrogen-bond acceptors (Lipinski definition) is 4. The molecule has 0 saturated carbocycles. The van der Waals surface area contributed by atoms with Crippen LogP contribution in [-0.4, -0.2) is 50.0 Å². The first-order chi connectivity index (χ1) is 17.9. The van der Waals surface area contributed by atoms with E-state index in [2.05, 4.69) is 21.2 Å². The molecule has 3 aromatic carbocycles. The van der Waals surface area contributed by atoms with Crippen LogP contribution < -0.4 is 9.62 Å². The van der Waals surface area contributed by atoms with Gasteiger partial charge >= 0.3 is 0 Å². The molecule has 3 aromatic rings. The number of carbonyl (C=O) groups excluding carboxylic acids is 2. The Balaban J connectivity index is 2.05. The number of carbonyl (C=O) groups is 2. The molecule has 1 N–H and O–H groups in total. The standard InChI is InChI=1S/C29H34BrN3O4S/c1-21(2)31-29(35)27(18-23-10-6-5-7-11-23)32(19-24-13-15-25(30)16-14-24)28(34)20-33(38(4,36)37)26-12-8-9-22(3)17-26/h5-17,21,27H,18-20H2,1-4H3,(H,31,35). The van der Waals surface area contributed by atoms with Crippen LogP contribution in [0.1, 0.15) is 30.5 Å². The summed E-state index contributed by atoms with van der Waals surface area (Å²) in [6.45, 7) is 5.29. The highest BCUT2D eigenvalue weighted by Gasteiger charge is 2.33. The summed E-state index contributed by atoms with van der Waals surface area (Å²) in [7, 11) is -3.79. The highest BCUT2D eigenvalue weighted by molar-refractivity contribution is 9.10. The lowest BCUT2D eigenvalue weighted by atomic mass is 10.0. The largest absolute Gasteiger partial charge is 0.352 e. The number of benzene rings is 3. The highest BCUT2D eigenvalue weighted by Crippen LogP contribution is 2.22. The van der Waals surface area contributed by atoms with E-state index in [9.17, 15) is 18.0 Å². The van der Waals surface area contributed by atoms with E-state index in [1.165, 1.54) is 4.90 Å². The second-order valence-corrected chi connectivity index (χ2v) is 12.4. The first-order valence-corrected chi connectivity index (χ1v) is 15.0. The predicted molar refractivity (Wildman–Crippen MR) is 155 cm³/mol. The molecule has 1 unspecified atom stereocenters. The normalized spacial score (nSPS) is 12.2. The Morgan fingerprint density at radius 2 is 1.58 bits per heavy atom. The van der Waals surface area contributed by atoms with Crippen LogP contribution in [0, 0.1) is 6.92 Å².